The molecule has 1 atom stereocenters. The first-order valence-electron chi connectivity index (χ1n) is 9.18. The molecule has 0 bridgehead atoms. The summed E-state index contributed by atoms with van der Waals surface area (Å²) in [6.07, 6.45) is 2.67. The molecule has 2 rings (SSSR count). The van der Waals surface area contributed by atoms with Gasteiger partial charge in [0, 0.05) is 32.8 Å². The molecular formula is C18H26FN3O5S. The molecule has 1 aromatic rings. The summed E-state index contributed by atoms with van der Waals surface area (Å²) in [4.78, 5) is 23.4. The number of nitrogens with zero attached hydrogens (tertiary/aromatic N) is 1. The van der Waals surface area contributed by atoms with Gasteiger partial charge in [-0.1, -0.05) is 6.42 Å². The van der Waals surface area contributed by atoms with Gasteiger partial charge in [0.25, 0.3) is 0 Å². The molecule has 2 amide bonds. The maximum absolute atomic E-state index is 13.1. The Hall–Kier alpha value is -2.04. The maximum atomic E-state index is 13.1. The van der Waals surface area contributed by atoms with Gasteiger partial charge in [-0.2, -0.15) is 4.31 Å². The van der Waals surface area contributed by atoms with Crippen LogP contribution in [0.3, 0.4) is 0 Å². The molecule has 0 radical (unpaired) electrons. The Morgan fingerprint density at radius 3 is 2.43 bits per heavy atom. The van der Waals surface area contributed by atoms with Crippen LogP contribution in [0.2, 0.25) is 0 Å². The number of carbonyl (C=O) groups excluding carboxylic acids is 2. The third-order valence-corrected chi connectivity index (χ3v) is 6.52. The number of nitrogens with one attached hydrogen (secondary N) is 2. The molecule has 0 saturated carbocycles. The third kappa shape index (κ3) is 5.98. The number of hydrogen-bond acceptors (Lipinski definition) is 5. The average Bonchev–Trinajstić information content (AvgIpc) is 2.68. The van der Waals surface area contributed by atoms with Gasteiger partial charge in [-0.25, -0.2) is 12.8 Å². The van der Waals surface area contributed by atoms with Crippen molar-refractivity contribution in [1.82, 2.24) is 14.9 Å². The largest absolute Gasteiger partial charge is 0.383 e. The monoisotopic (exact) mass is 415 g/mol. The maximum Gasteiger partial charge on any atom is 0.309 e. The lowest BCUT2D eigenvalue weighted by Gasteiger charge is -2.34. The van der Waals surface area contributed by atoms with Crippen molar-refractivity contribution in [2.24, 2.45) is 0 Å². The fourth-order valence-electron chi connectivity index (χ4n) is 3.10. The molecule has 1 heterocycles. The van der Waals surface area contributed by atoms with Crippen LogP contribution in [0, 0.1) is 5.82 Å². The van der Waals surface area contributed by atoms with Crippen LogP contribution in [0.15, 0.2) is 29.2 Å². The molecule has 28 heavy (non-hydrogen) atoms. The zero-order valence-corrected chi connectivity index (χ0v) is 16.6. The highest BCUT2D eigenvalue weighted by atomic mass is 32.2. The van der Waals surface area contributed by atoms with E-state index in [0.29, 0.717) is 26.0 Å². The predicted octanol–water partition coefficient (Wildman–Crippen LogP) is 0.638. The number of hydrogen-bond donors (Lipinski definition) is 2. The molecule has 156 valence electrons. The Morgan fingerprint density at radius 1 is 1.14 bits per heavy atom. The molecule has 1 fully saturated rings. The van der Waals surface area contributed by atoms with Crippen LogP contribution in [-0.4, -0.2) is 63.9 Å². The van der Waals surface area contributed by atoms with Gasteiger partial charge in [-0.3, -0.25) is 9.59 Å². The second-order valence-corrected chi connectivity index (χ2v) is 8.40. The molecule has 0 aromatic heterocycles. The minimum absolute atomic E-state index is 0.0438. The smallest absolute Gasteiger partial charge is 0.309 e. The summed E-state index contributed by atoms with van der Waals surface area (Å²) in [5.41, 5.74) is 0. The first-order chi connectivity index (χ1) is 13.4. The van der Waals surface area contributed by atoms with Crippen molar-refractivity contribution < 1.29 is 27.1 Å². The minimum Gasteiger partial charge on any atom is -0.383 e. The molecule has 1 aromatic carbocycles. The van der Waals surface area contributed by atoms with Crippen molar-refractivity contribution in [2.75, 3.05) is 33.4 Å². The van der Waals surface area contributed by atoms with Gasteiger partial charge in [0.1, 0.15) is 5.82 Å². The van der Waals surface area contributed by atoms with Crippen molar-refractivity contribution in [2.45, 2.75) is 36.6 Å². The van der Waals surface area contributed by atoms with E-state index >= 15 is 0 Å². The molecule has 8 nitrogen and oxygen atoms in total. The van der Waals surface area contributed by atoms with Crippen LogP contribution in [0.4, 0.5) is 4.39 Å². The highest BCUT2D eigenvalue weighted by Gasteiger charge is 2.33. The molecule has 0 aliphatic carbocycles. The van der Waals surface area contributed by atoms with E-state index in [9.17, 15) is 22.4 Å². The number of piperidine rings is 1. The minimum atomic E-state index is -3.75. The van der Waals surface area contributed by atoms with E-state index in [2.05, 4.69) is 10.6 Å². The second-order valence-electron chi connectivity index (χ2n) is 6.51. The van der Waals surface area contributed by atoms with E-state index in [-0.39, 0.29) is 24.0 Å². The Kier molecular flexibility index (Phi) is 8.34. The number of carbonyl (C=O) groups is 2. The van der Waals surface area contributed by atoms with Crippen molar-refractivity contribution >= 4 is 21.8 Å². The zero-order valence-electron chi connectivity index (χ0n) is 15.8. The fourth-order valence-corrected chi connectivity index (χ4v) is 4.82. The van der Waals surface area contributed by atoms with Gasteiger partial charge in [-0.15, -0.1) is 0 Å². The first-order valence-corrected chi connectivity index (χ1v) is 10.6. The van der Waals surface area contributed by atoms with E-state index in [1.54, 1.807) is 0 Å². The second kappa shape index (κ2) is 10.5. The van der Waals surface area contributed by atoms with Gasteiger partial charge in [-0.05, 0) is 43.5 Å². The number of amides is 2. The summed E-state index contributed by atoms with van der Waals surface area (Å²) >= 11 is 0. The molecule has 0 spiro atoms. The van der Waals surface area contributed by atoms with E-state index in [1.807, 2.05) is 0 Å². The van der Waals surface area contributed by atoms with Crippen LogP contribution < -0.4 is 10.6 Å². The fraction of sp³-hybridized carbons (Fsp3) is 0.556. The lowest BCUT2D eigenvalue weighted by Crippen LogP contribution is -2.46. The van der Waals surface area contributed by atoms with Gasteiger partial charge in [0.05, 0.1) is 11.5 Å². The molecular weight excluding hydrogens is 389 g/mol. The highest BCUT2D eigenvalue weighted by Crippen LogP contribution is 2.27. The lowest BCUT2D eigenvalue weighted by atomic mass is 10.0. The highest BCUT2D eigenvalue weighted by molar-refractivity contribution is 7.89. The number of halogens is 1. The quantitative estimate of drug-likeness (QED) is 0.479. The van der Waals surface area contributed by atoms with Crippen LogP contribution >= 0.6 is 0 Å². The lowest BCUT2D eigenvalue weighted by molar-refractivity contribution is -0.139. The molecule has 2 N–H and O–H groups in total. The van der Waals surface area contributed by atoms with E-state index in [4.69, 9.17) is 4.74 Å². The zero-order chi connectivity index (χ0) is 20.6. The summed E-state index contributed by atoms with van der Waals surface area (Å²) in [5, 5.41) is 4.93. The van der Waals surface area contributed by atoms with Crippen molar-refractivity contribution in [3.63, 3.8) is 0 Å². The van der Waals surface area contributed by atoms with Gasteiger partial charge < -0.3 is 15.4 Å². The number of benzene rings is 1. The summed E-state index contributed by atoms with van der Waals surface area (Å²) in [5.74, 6) is -2.02. The average molecular weight is 415 g/mol. The Labute approximate surface area is 164 Å². The molecule has 1 saturated heterocycles. The summed E-state index contributed by atoms with van der Waals surface area (Å²) in [7, 11) is -2.26. The Balaban J connectivity index is 1.93. The van der Waals surface area contributed by atoms with Crippen molar-refractivity contribution in [3.05, 3.63) is 30.1 Å². The molecule has 1 aliphatic heterocycles. The van der Waals surface area contributed by atoms with E-state index in [1.165, 1.54) is 23.5 Å². The SMILES string of the molecule is COCCNC(=O)C(=O)NCCC1CCCCN1S(=O)(=O)c1ccc(F)cc1. The summed E-state index contributed by atoms with van der Waals surface area (Å²) in [6, 6.07) is 4.45. The number of sulfonamides is 1. The molecule has 10 heteroatoms. The van der Waals surface area contributed by atoms with Crippen LogP contribution in [0.5, 0.6) is 0 Å². The van der Waals surface area contributed by atoms with Gasteiger partial charge in [0.2, 0.25) is 10.0 Å². The third-order valence-electron chi connectivity index (χ3n) is 4.55. The molecule has 1 unspecified atom stereocenters. The predicted molar refractivity (Wildman–Crippen MR) is 100 cm³/mol. The van der Waals surface area contributed by atoms with Crippen molar-refractivity contribution in [1.29, 1.82) is 0 Å². The topological polar surface area (TPSA) is 105 Å². The number of methoxy groups -OCH3 is 1. The van der Waals surface area contributed by atoms with Gasteiger partial charge >= 0.3 is 11.8 Å². The first kappa shape index (κ1) is 22.3. The Bertz CT molecular complexity index is 770. The van der Waals surface area contributed by atoms with Crippen LogP contribution in [0.1, 0.15) is 25.7 Å². The van der Waals surface area contributed by atoms with E-state index < -0.39 is 27.7 Å². The normalized spacial score (nSPS) is 17.9. The number of rotatable bonds is 8. The van der Waals surface area contributed by atoms with E-state index in [0.717, 1.165) is 25.0 Å². The van der Waals surface area contributed by atoms with Crippen LogP contribution in [0.25, 0.3) is 0 Å². The van der Waals surface area contributed by atoms with Crippen molar-refractivity contribution in [3.8, 4) is 0 Å². The summed E-state index contributed by atoms with van der Waals surface area (Å²) < 4.78 is 45.1. The Morgan fingerprint density at radius 2 is 1.79 bits per heavy atom. The summed E-state index contributed by atoms with van der Waals surface area (Å²) in [6.45, 7) is 1.08. The number of ether oxygens (including phenoxy) is 1. The van der Waals surface area contributed by atoms with Gasteiger partial charge in [0.15, 0.2) is 0 Å². The standard InChI is InChI=1S/C18H26FN3O5S/c1-27-13-11-21-18(24)17(23)20-10-9-15-4-2-3-12-22(15)28(25,26)16-7-5-14(19)6-8-16/h5-8,15H,2-4,9-13H2,1H3,(H,20,23)(H,21,24). The molecule has 1 aliphatic rings. The van der Waals surface area contributed by atoms with Crippen LogP contribution in [-0.2, 0) is 24.3 Å².